The Labute approximate surface area is 165 Å². The summed E-state index contributed by atoms with van der Waals surface area (Å²) >= 11 is 0. The van der Waals surface area contributed by atoms with Gasteiger partial charge in [-0.2, -0.15) is 0 Å². The first-order chi connectivity index (χ1) is 13.7. The molecule has 0 radical (unpaired) electrons. The van der Waals surface area contributed by atoms with E-state index in [1.54, 1.807) is 0 Å². The first-order valence-electron chi connectivity index (χ1n) is 9.80. The number of hydrogen-bond acceptors (Lipinski definition) is 3. The molecule has 0 aliphatic heterocycles. The first-order valence-corrected chi connectivity index (χ1v) is 9.80. The molecule has 6 heteroatoms. The minimum atomic E-state index is -0.333. The standard InChI is InChI=1S/C22H27N3O3/c26-21(24-18-9-5-6-10-18)14-15-23-22(27)25-20-13-7-4-8-17(20)16-28-19-11-2-1-3-12-19/h1-4,7-8,11-13,18H,5-6,9-10,14-16H2,(H,24,26)(H2,23,25,27). The van der Waals surface area contributed by atoms with Crippen molar-refractivity contribution in [2.24, 2.45) is 0 Å². The maximum atomic E-state index is 12.2. The molecule has 0 saturated heterocycles. The zero-order valence-corrected chi connectivity index (χ0v) is 15.9. The molecule has 6 nitrogen and oxygen atoms in total. The van der Waals surface area contributed by atoms with E-state index in [0.29, 0.717) is 24.9 Å². The van der Waals surface area contributed by atoms with Gasteiger partial charge in [0, 0.05) is 30.3 Å². The topological polar surface area (TPSA) is 79.5 Å². The quantitative estimate of drug-likeness (QED) is 0.650. The van der Waals surface area contributed by atoms with Gasteiger partial charge in [-0.15, -0.1) is 0 Å². The SMILES string of the molecule is O=C(CCNC(=O)Nc1ccccc1COc1ccccc1)NC1CCCC1. The van der Waals surface area contributed by atoms with Crippen molar-refractivity contribution in [3.05, 3.63) is 60.2 Å². The van der Waals surface area contributed by atoms with E-state index in [1.807, 2.05) is 54.6 Å². The number of nitrogens with one attached hydrogen (secondary N) is 3. The van der Waals surface area contributed by atoms with E-state index in [-0.39, 0.29) is 18.4 Å². The molecule has 0 bridgehead atoms. The summed E-state index contributed by atoms with van der Waals surface area (Å²) in [7, 11) is 0. The maximum Gasteiger partial charge on any atom is 0.319 e. The molecule has 2 aromatic carbocycles. The summed E-state index contributed by atoms with van der Waals surface area (Å²) in [5.74, 6) is 0.763. The number of carbonyl (C=O) groups excluding carboxylic acids is 2. The highest BCUT2D eigenvalue weighted by molar-refractivity contribution is 5.90. The molecule has 3 rings (SSSR count). The van der Waals surface area contributed by atoms with Gasteiger partial charge in [-0.3, -0.25) is 4.79 Å². The normalized spacial score (nSPS) is 13.7. The fourth-order valence-electron chi connectivity index (χ4n) is 3.27. The van der Waals surface area contributed by atoms with E-state index in [9.17, 15) is 9.59 Å². The lowest BCUT2D eigenvalue weighted by Gasteiger charge is -2.14. The number of hydrogen-bond donors (Lipinski definition) is 3. The van der Waals surface area contributed by atoms with Gasteiger partial charge in [0.2, 0.25) is 5.91 Å². The number of benzene rings is 2. The fraction of sp³-hybridized carbons (Fsp3) is 0.364. The number of ether oxygens (including phenoxy) is 1. The molecule has 0 spiro atoms. The monoisotopic (exact) mass is 381 g/mol. The minimum absolute atomic E-state index is 0.0103. The summed E-state index contributed by atoms with van der Waals surface area (Å²) in [6, 6.07) is 17.0. The van der Waals surface area contributed by atoms with Crippen molar-refractivity contribution in [2.75, 3.05) is 11.9 Å². The third-order valence-corrected chi connectivity index (χ3v) is 4.76. The Balaban J connectivity index is 1.42. The van der Waals surface area contributed by atoms with E-state index in [1.165, 1.54) is 12.8 Å². The van der Waals surface area contributed by atoms with Crippen LogP contribution in [0.3, 0.4) is 0 Å². The van der Waals surface area contributed by atoms with Gasteiger partial charge in [0.15, 0.2) is 0 Å². The Morgan fingerprint density at radius 2 is 1.68 bits per heavy atom. The highest BCUT2D eigenvalue weighted by atomic mass is 16.5. The molecule has 1 aliphatic rings. The molecule has 0 aromatic heterocycles. The highest BCUT2D eigenvalue weighted by Gasteiger charge is 2.16. The maximum absolute atomic E-state index is 12.2. The van der Waals surface area contributed by atoms with Gasteiger partial charge in [0.1, 0.15) is 12.4 Å². The number of anilines is 1. The van der Waals surface area contributed by atoms with E-state index in [2.05, 4.69) is 16.0 Å². The average molecular weight is 381 g/mol. The van der Waals surface area contributed by atoms with Crippen LogP contribution in [-0.4, -0.2) is 24.5 Å². The molecule has 0 unspecified atom stereocenters. The molecule has 148 valence electrons. The van der Waals surface area contributed by atoms with Crippen LogP contribution in [-0.2, 0) is 11.4 Å². The summed E-state index contributed by atoms with van der Waals surface area (Å²) in [5, 5.41) is 8.58. The van der Waals surface area contributed by atoms with Crippen molar-refractivity contribution < 1.29 is 14.3 Å². The van der Waals surface area contributed by atoms with Gasteiger partial charge < -0.3 is 20.7 Å². The van der Waals surface area contributed by atoms with Crippen LogP contribution in [0.4, 0.5) is 10.5 Å². The van der Waals surface area contributed by atoms with E-state index < -0.39 is 0 Å². The highest BCUT2D eigenvalue weighted by Crippen LogP contribution is 2.19. The van der Waals surface area contributed by atoms with Gasteiger partial charge in [-0.05, 0) is 31.0 Å². The summed E-state index contributed by atoms with van der Waals surface area (Å²) in [5.41, 5.74) is 1.56. The van der Waals surface area contributed by atoms with Crippen LogP contribution in [0.2, 0.25) is 0 Å². The molecule has 28 heavy (non-hydrogen) atoms. The van der Waals surface area contributed by atoms with E-state index >= 15 is 0 Å². The van der Waals surface area contributed by atoms with Crippen molar-refractivity contribution in [2.45, 2.75) is 44.8 Å². The van der Waals surface area contributed by atoms with Crippen molar-refractivity contribution in [3.63, 3.8) is 0 Å². The van der Waals surface area contributed by atoms with Crippen molar-refractivity contribution in [1.82, 2.24) is 10.6 Å². The number of urea groups is 1. The summed E-state index contributed by atoms with van der Waals surface area (Å²) < 4.78 is 5.77. The predicted molar refractivity (Wildman–Crippen MR) is 109 cm³/mol. The molecule has 0 atom stereocenters. The minimum Gasteiger partial charge on any atom is -0.489 e. The molecule has 3 amide bonds. The number of rotatable bonds is 8. The van der Waals surface area contributed by atoms with Gasteiger partial charge in [-0.1, -0.05) is 49.2 Å². The Bertz CT molecular complexity index is 774. The Morgan fingerprint density at radius 1 is 0.964 bits per heavy atom. The summed E-state index contributed by atoms with van der Waals surface area (Å²) in [6.45, 7) is 0.650. The van der Waals surface area contributed by atoms with Crippen molar-refractivity contribution in [3.8, 4) is 5.75 Å². The second kappa shape index (κ2) is 10.3. The van der Waals surface area contributed by atoms with Crippen LogP contribution in [0.25, 0.3) is 0 Å². The van der Waals surface area contributed by atoms with Crippen LogP contribution in [0.1, 0.15) is 37.7 Å². The second-order valence-corrected chi connectivity index (χ2v) is 6.94. The number of amides is 3. The van der Waals surface area contributed by atoms with Gasteiger partial charge in [-0.25, -0.2) is 4.79 Å². The Hall–Kier alpha value is -3.02. The van der Waals surface area contributed by atoms with Crippen LogP contribution in [0.15, 0.2) is 54.6 Å². The zero-order chi connectivity index (χ0) is 19.6. The van der Waals surface area contributed by atoms with Gasteiger partial charge >= 0.3 is 6.03 Å². The number of carbonyl (C=O) groups is 2. The molecule has 0 heterocycles. The largest absolute Gasteiger partial charge is 0.489 e. The summed E-state index contributed by atoms with van der Waals surface area (Å²) in [4.78, 5) is 24.1. The Morgan fingerprint density at radius 3 is 2.46 bits per heavy atom. The molecule has 1 fully saturated rings. The smallest absolute Gasteiger partial charge is 0.319 e. The third kappa shape index (κ3) is 6.30. The van der Waals surface area contributed by atoms with Crippen LogP contribution < -0.4 is 20.7 Å². The average Bonchev–Trinajstić information content (AvgIpc) is 3.21. The second-order valence-electron chi connectivity index (χ2n) is 6.94. The van der Waals surface area contributed by atoms with Crippen LogP contribution in [0.5, 0.6) is 5.75 Å². The van der Waals surface area contributed by atoms with Crippen LogP contribution >= 0.6 is 0 Å². The molecule has 1 saturated carbocycles. The molecule has 3 N–H and O–H groups in total. The van der Waals surface area contributed by atoms with Crippen molar-refractivity contribution >= 4 is 17.6 Å². The molecular weight excluding hydrogens is 354 g/mol. The zero-order valence-electron chi connectivity index (χ0n) is 15.9. The van der Waals surface area contributed by atoms with E-state index in [0.717, 1.165) is 24.2 Å². The van der Waals surface area contributed by atoms with E-state index in [4.69, 9.17) is 4.74 Å². The lowest BCUT2D eigenvalue weighted by atomic mass is 10.2. The lowest BCUT2D eigenvalue weighted by molar-refractivity contribution is -0.121. The summed E-state index contributed by atoms with van der Waals surface area (Å²) in [6.07, 6.45) is 4.75. The third-order valence-electron chi connectivity index (χ3n) is 4.76. The predicted octanol–water partition coefficient (Wildman–Crippen LogP) is 3.84. The molecular formula is C22H27N3O3. The van der Waals surface area contributed by atoms with Crippen molar-refractivity contribution in [1.29, 1.82) is 0 Å². The van der Waals surface area contributed by atoms with Gasteiger partial charge in [0.05, 0.1) is 0 Å². The number of para-hydroxylation sites is 2. The fourth-order valence-corrected chi connectivity index (χ4v) is 3.27. The first kappa shape index (κ1) is 19.7. The Kier molecular flexibility index (Phi) is 7.29. The van der Waals surface area contributed by atoms with Crippen LogP contribution in [0, 0.1) is 0 Å². The van der Waals surface area contributed by atoms with Gasteiger partial charge in [0.25, 0.3) is 0 Å². The molecule has 1 aliphatic carbocycles. The molecule has 2 aromatic rings. The lowest BCUT2D eigenvalue weighted by Crippen LogP contribution is -2.36.